The molecule has 0 aromatic carbocycles. The molecule has 0 saturated carbocycles. The smallest absolute Gasteiger partial charge is 0.275 e. The number of nitrogens with one attached hydrogen (secondary N) is 1. The van der Waals surface area contributed by atoms with Crippen LogP contribution in [0.1, 0.15) is 59.5 Å². The monoisotopic (exact) mass is 413 g/mol. The average Bonchev–Trinajstić information content (AvgIpc) is 3.15. The van der Waals surface area contributed by atoms with Gasteiger partial charge >= 0.3 is 0 Å². The first-order chi connectivity index (χ1) is 13.6. The van der Waals surface area contributed by atoms with Crippen LogP contribution in [-0.4, -0.2) is 25.3 Å². The number of fused-ring (bicyclic) bond motifs is 3. The summed E-state index contributed by atoms with van der Waals surface area (Å²) in [5.41, 5.74) is 4.94. The number of aryl methyl sites for hydroxylation is 4. The number of hydrogen-bond acceptors (Lipinski definition) is 5. The summed E-state index contributed by atoms with van der Waals surface area (Å²) in [5, 5.41) is 4.86. The molecule has 7 nitrogen and oxygen atoms in total. The average molecular weight is 414 g/mol. The molecule has 8 heteroatoms. The Balaban J connectivity index is 1.75. The van der Waals surface area contributed by atoms with Crippen molar-refractivity contribution in [2.75, 3.05) is 5.43 Å². The van der Waals surface area contributed by atoms with E-state index in [0.29, 0.717) is 28.4 Å². The molecule has 1 atom stereocenters. The number of hydrogen-bond donors (Lipinski definition) is 1. The Bertz CT molecular complexity index is 1180. The Morgan fingerprint density at radius 3 is 2.66 bits per heavy atom. The van der Waals surface area contributed by atoms with Gasteiger partial charge in [0.2, 0.25) is 0 Å². The highest BCUT2D eigenvalue weighted by molar-refractivity contribution is 7.18. The maximum atomic E-state index is 13.3. The molecule has 3 heterocycles. The van der Waals surface area contributed by atoms with Gasteiger partial charge in [-0.25, -0.2) is 9.66 Å². The van der Waals surface area contributed by atoms with E-state index < -0.39 is 0 Å². The molecule has 0 unspecified atom stereocenters. The van der Waals surface area contributed by atoms with E-state index in [9.17, 15) is 9.59 Å². The Kier molecular flexibility index (Phi) is 4.64. The first-order valence-corrected chi connectivity index (χ1v) is 10.7. The molecule has 29 heavy (non-hydrogen) atoms. The molecular weight excluding hydrogens is 386 g/mol. The summed E-state index contributed by atoms with van der Waals surface area (Å²) >= 11 is 1.63. The van der Waals surface area contributed by atoms with Crippen molar-refractivity contribution >= 4 is 27.5 Å². The quantitative estimate of drug-likeness (QED) is 0.699. The number of carbonyl (C=O) groups excluding carboxylic acids is 1. The lowest BCUT2D eigenvalue weighted by molar-refractivity contribution is 0.101. The second kappa shape index (κ2) is 6.79. The zero-order chi connectivity index (χ0) is 21.1. The van der Waals surface area contributed by atoms with Crippen molar-refractivity contribution in [1.82, 2.24) is 19.4 Å². The summed E-state index contributed by atoms with van der Waals surface area (Å²) in [6.45, 7) is 10.4. The van der Waals surface area contributed by atoms with Crippen LogP contribution in [-0.2, 0) is 19.9 Å². The highest BCUT2D eigenvalue weighted by Gasteiger charge is 2.32. The van der Waals surface area contributed by atoms with Gasteiger partial charge in [-0.2, -0.15) is 5.10 Å². The van der Waals surface area contributed by atoms with Crippen molar-refractivity contribution in [3.63, 3.8) is 0 Å². The lowest BCUT2D eigenvalue weighted by atomic mass is 9.72. The highest BCUT2D eigenvalue weighted by Crippen LogP contribution is 2.42. The minimum Gasteiger partial charge on any atom is -0.275 e. The third-order valence-corrected chi connectivity index (χ3v) is 7.10. The van der Waals surface area contributed by atoms with Gasteiger partial charge in [-0.05, 0) is 50.0 Å². The van der Waals surface area contributed by atoms with Crippen LogP contribution >= 0.6 is 11.3 Å². The minimum atomic E-state index is -0.362. The SMILES string of the molecule is Cc1nn(C)cc1C(=O)Nn1c(C)nc2sc3c(c2c1=O)CC[C@H](C(C)(C)C)C3. The van der Waals surface area contributed by atoms with Crippen LogP contribution in [0.15, 0.2) is 11.0 Å². The lowest BCUT2D eigenvalue weighted by Crippen LogP contribution is -2.36. The molecule has 0 bridgehead atoms. The largest absolute Gasteiger partial charge is 0.281 e. The molecule has 4 rings (SSSR count). The molecule has 3 aromatic heterocycles. The number of rotatable bonds is 2. The first-order valence-electron chi connectivity index (χ1n) is 9.91. The van der Waals surface area contributed by atoms with Gasteiger partial charge in [-0.1, -0.05) is 20.8 Å². The third kappa shape index (κ3) is 3.39. The molecule has 0 fully saturated rings. The van der Waals surface area contributed by atoms with E-state index in [1.54, 1.807) is 43.1 Å². The zero-order valence-electron chi connectivity index (χ0n) is 17.8. The third-order valence-electron chi connectivity index (χ3n) is 5.95. The molecule has 3 aromatic rings. The van der Waals surface area contributed by atoms with Crippen LogP contribution in [0.4, 0.5) is 0 Å². The van der Waals surface area contributed by atoms with E-state index in [1.165, 1.54) is 9.55 Å². The van der Waals surface area contributed by atoms with Crippen LogP contribution in [0, 0.1) is 25.2 Å². The van der Waals surface area contributed by atoms with Crippen LogP contribution < -0.4 is 11.0 Å². The normalized spacial score (nSPS) is 16.8. The molecule has 154 valence electrons. The summed E-state index contributed by atoms with van der Waals surface area (Å²) < 4.78 is 2.86. The number of amides is 1. The standard InChI is InChI=1S/C21H27N5O2S/c1-11-15(10-25(6)23-11)18(27)24-26-12(2)22-19-17(20(26)28)14-8-7-13(21(3,4)5)9-16(14)29-19/h10,13H,7-9H2,1-6H3,(H,24,27)/t13-/m0/s1. The Morgan fingerprint density at radius 2 is 2.03 bits per heavy atom. The predicted octanol–water partition coefficient (Wildman–Crippen LogP) is 3.34. The number of carbonyl (C=O) groups is 1. The van der Waals surface area contributed by atoms with E-state index >= 15 is 0 Å². The topological polar surface area (TPSA) is 81.8 Å². The summed E-state index contributed by atoms with van der Waals surface area (Å²) in [7, 11) is 1.76. The summed E-state index contributed by atoms with van der Waals surface area (Å²) in [6, 6.07) is 0. The van der Waals surface area contributed by atoms with E-state index in [0.717, 1.165) is 29.7 Å². The van der Waals surface area contributed by atoms with Crippen molar-refractivity contribution in [2.24, 2.45) is 18.4 Å². The molecule has 0 spiro atoms. The second-order valence-corrected chi connectivity index (χ2v) is 10.1. The van der Waals surface area contributed by atoms with Gasteiger partial charge in [0.15, 0.2) is 0 Å². The van der Waals surface area contributed by atoms with Crippen molar-refractivity contribution < 1.29 is 4.79 Å². The van der Waals surface area contributed by atoms with Gasteiger partial charge in [0.1, 0.15) is 10.7 Å². The van der Waals surface area contributed by atoms with E-state index in [1.807, 2.05) is 0 Å². The van der Waals surface area contributed by atoms with Crippen LogP contribution in [0.2, 0.25) is 0 Å². The molecule has 0 radical (unpaired) electrons. The van der Waals surface area contributed by atoms with Crippen molar-refractivity contribution in [3.05, 3.63) is 44.1 Å². The van der Waals surface area contributed by atoms with Gasteiger partial charge in [0, 0.05) is 18.1 Å². The van der Waals surface area contributed by atoms with E-state index in [2.05, 4.69) is 36.3 Å². The number of nitrogens with zero attached hydrogens (tertiary/aromatic N) is 4. The van der Waals surface area contributed by atoms with Gasteiger partial charge in [0.25, 0.3) is 11.5 Å². The second-order valence-electron chi connectivity index (χ2n) is 9.03. The fourth-order valence-corrected chi connectivity index (χ4v) is 5.52. The van der Waals surface area contributed by atoms with Crippen LogP contribution in [0.25, 0.3) is 10.2 Å². The van der Waals surface area contributed by atoms with Crippen molar-refractivity contribution in [2.45, 2.75) is 53.9 Å². The summed E-state index contributed by atoms with van der Waals surface area (Å²) in [4.78, 5) is 32.7. The molecule has 0 saturated heterocycles. The Labute approximate surface area is 173 Å². The fourth-order valence-electron chi connectivity index (χ4n) is 4.18. The highest BCUT2D eigenvalue weighted by atomic mass is 32.1. The molecule has 0 aliphatic heterocycles. The van der Waals surface area contributed by atoms with Crippen molar-refractivity contribution in [1.29, 1.82) is 0 Å². The van der Waals surface area contributed by atoms with E-state index in [-0.39, 0.29) is 16.9 Å². The van der Waals surface area contributed by atoms with E-state index in [4.69, 9.17) is 0 Å². The fraction of sp³-hybridized carbons (Fsp3) is 0.524. The van der Waals surface area contributed by atoms with Crippen LogP contribution in [0.5, 0.6) is 0 Å². The molecule has 1 aliphatic carbocycles. The Morgan fingerprint density at radius 1 is 1.31 bits per heavy atom. The van der Waals surface area contributed by atoms with Crippen molar-refractivity contribution in [3.8, 4) is 0 Å². The molecule has 1 N–H and O–H groups in total. The maximum Gasteiger partial charge on any atom is 0.281 e. The summed E-state index contributed by atoms with van der Waals surface area (Å²) in [5.74, 6) is 0.710. The van der Waals surface area contributed by atoms with Gasteiger partial charge in [-0.15, -0.1) is 11.3 Å². The zero-order valence-corrected chi connectivity index (χ0v) is 18.6. The molecule has 1 aliphatic rings. The molecule has 1 amide bonds. The number of thiophene rings is 1. The molecular formula is C21H27N5O2S. The minimum absolute atomic E-state index is 0.200. The van der Waals surface area contributed by atoms with Gasteiger partial charge < -0.3 is 0 Å². The number of aromatic nitrogens is 4. The first kappa shape index (κ1) is 19.8. The van der Waals surface area contributed by atoms with Gasteiger partial charge in [-0.3, -0.25) is 19.7 Å². The predicted molar refractivity (Wildman–Crippen MR) is 115 cm³/mol. The van der Waals surface area contributed by atoms with Gasteiger partial charge in [0.05, 0.1) is 16.6 Å². The maximum absolute atomic E-state index is 13.3. The Hall–Kier alpha value is -2.48. The van der Waals surface area contributed by atoms with Crippen LogP contribution in [0.3, 0.4) is 0 Å². The lowest BCUT2D eigenvalue weighted by Gasteiger charge is -2.33. The summed E-state index contributed by atoms with van der Waals surface area (Å²) in [6.07, 6.45) is 4.58.